The third-order valence-electron chi connectivity index (χ3n) is 3.10. The van der Waals surface area contributed by atoms with E-state index in [-0.39, 0.29) is 0 Å². The Morgan fingerprint density at radius 3 is 2.33 bits per heavy atom. The molecule has 1 heterocycles. The highest BCUT2D eigenvalue weighted by atomic mass is 32.1. The van der Waals surface area contributed by atoms with Crippen LogP contribution in [0, 0.1) is 20.8 Å². The molecule has 0 N–H and O–H groups in total. The van der Waals surface area contributed by atoms with Gasteiger partial charge in [0.2, 0.25) is 0 Å². The molecule has 3 nitrogen and oxygen atoms in total. The summed E-state index contributed by atoms with van der Waals surface area (Å²) < 4.78 is 10.7. The predicted molar refractivity (Wildman–Crippen MR) is 74.9 cm³/mol. The maximum Gasteiger partial charge on any atom is 0.273 e. The van der Waals surface area contributed by atoms with E-state index >= 15 is 0 Å². The van der Waals surface area contributed by atoms with Crippen molar-refractivity contribution in [3.8, 4) is 22.2 Å². The molecule has 0 atom stereocenters. The first kappa shape index (κ1) is 12.9. The van der Waals surface area contributed by atoms with Crippen LogP contribution < -0.4 is 9.47 Å². The van der Waals surface area contributed by atoms with E-state index in [1.807, 2.05) is 5.38 Å². The van der Waals surface area contributed by atoms with Gasteiger partial charge in [0, 0.05) is 10.9 Å². The van der Waals surface area contributed by atoms with Crippen molar-refractivity contribution in [3.05, 3.63) is 28.1 Å². The van der Waals surface area contributed by atoms with E-state index in [2.05, 4.69) is 31.8 Å². The highest BCUT2D eigenvalue weighted by molar-refractivity contribution is 7.11. The van der Waals surface area contributed by atoms with E-state index in [0.29, 0.717) is 5.19 Å². The first-order valence-corrected chi connectivity index (χ1v) is 6.61. The van der Waals surface area contributed by atoms with Crippen LogP contribution in [0.3, 0.4) is 0 Å². The number of aromatic nitrogens is 1. The molecule has 2 rings (SSSR count). The summed E-state index contributed by atoms with van der Waals surface area (Å²) in [6.07, 6.45) is 0. The molecule has 0 spiro atoms. The Hall–Kier alpha value is -1.55. The zero-order valence-corrected chi connectivity index (χ0v) is 12.1. The number of benzene rings is 1. The van der Waals surface area contributed by atoms with Gasteiger partial charge in [-0.15, -0.1) is 0 Å². The van der Waals surface area contributed by atoms with Crippen LogP contribution in [-0.2, 0) is 0 Å². The van der Waals surface area contributed by atoms with Gasteiger partial charge in [-0.2, -0.15) is 0 Å². The normalized spacial score (nSPS) is 10.5. The number of hydrogen-bond donors (Lipinski definition) is 0. The van der Waals surface area contributed by atoms with Crippen LogP contribution in [0.2, 0.25) is 0 Å². The number of aryl methyl sites for hydroxylation is 2. The van der Waals surface area contributed by atoms with Gasteiger partial charge in [-0.3, -0.25) is 0 Å². The molecule has 1 aromatic carbocycles. The van der Waals surface area contributed by atoms with E-state index in [1.165, 1.54) is 22.5 Å². The molecule has 4 heteroatoms. The smallest absolute Gasteiger partial charge is 0.273 e. The van der Waals surface area contributed by atoms with Gasteiger partial charge in [-0.25, -0.2) is 4.98 Å². The van der Waals surface area contributed by atoms with Crippen molar-refractivity contribution < 1.29 is 9.47 Å². The van der Waals surface area contributed by atoms with Crippen molar-refractivity contribution in [2.45, 2.75) is 20.8 Å². The van der Waals surface area contributed by atoms with Crippen molar-refractivity contribution in [3.63, 3.8) is 0 Å². The quantitative estimate of drug-likeness (QED) is 0.845. The van der Waals surface area contributed by atoms with Crippen molar-refractivity contribution >= 4 is 11.3 Å². The number of rotatable bonds is 3. The molecule has 0 amide bonds. The molecular formula is C14H17NO2S. The topological polar surface area (TPSA) is 31.4 Å². The highest BCUT2D eigenvalue weighted by Crippen LogP contribution is 2.38. The molecule has 0 aliphatic carbocycles. The summed E-state index contributed by atoms with van der Waals surface area (Å²) in [5, 5.41) is 2.67. The largest absolute Gasteiger partial charge is 0.496 e. The molecule has 18 heavy (non-hydrogen) atoms. The second-order valence-electron chi connectivity index (χ2n) is 4.25. The van der Waals surface area contributed by atoms with Gasteiger partial charge < -0.3 is 9.47 Å². The summed E-state index contributed by atoms with van der Waals surface area (Å²) in [5.74, 6) is 0.903. The van der Waals surface area contributed by atoms with Crippen molar-refractivity contribution in [2.75, 3.05) is 14.2 Å². The predicted octanol–water partition coefficient (Wildman–Crippen LogP) is 3.75. The molecule has 0 aliphatic heterocycles. The Bertz CT molecular complexity index is 575. The highest BCUT2D eigenvalue weighted by Gasteiger charge is 2.16. The Balaban J connectivity index is 2.66. The van der Waals surface area contributed by atoms with Crippen LogP contribution in [0.5, 0.6) is 10.9 Å². The lowest BCUT2D eigenvalue weighted by molar-refractivity contribution is 0.409. The lowest BCUT2D eigenvalue weighted by Crippen LogP contribution is -1.97. The number of methoxy groups -OCH3 is 2. The Labute approximate surface area is 111 Å². The summed E-state index contributed by atoms with van der Waals surface area (Å²) in [7, 11) is 3.33. The minimum atomic E-state index is 0.671. The molecule has 1 aromatic heterocycles. The SMILES string of the molecule is COc1nc(-c2c(C)cc(C)c(C)c2OC)cs1. The zero-order valence-electron chi connectivity index (χ0n) is 11.3. The van der Waals surface area contributed by atoms with Crippen molar-refractivity contribution in [1.82, 2.24) is 4.98 Å². The van der Waals surface area contributed by atoms with Crippen molar-refractivity contribution in [2.24, 2.45) is 0 Å². The minimum absolute atomic E-state index is 0.671. The van der Waals surface area contributed by atoms with Gasteiger partial charge in [0.25, 0.3) is 5.19 Å². The second-order valence-corrected chi connectivity index (χ2v) is 5.07. The molecule has 0 radical (unpaired) electrons. The molecule has 2 aromatic rings. The lowest BCUT2D eigenvalue weighted by Gasteiger charge is -2.15. The van der Waals surface area contributed by atoms with E-state index < -0.39 is 0 Å². The monoisotopic (exact) mass is 263 g/mol. The van der Waals surface area contributed by atoms with E-state index in [9.17, 15) is 0 Å². The fourth-order valence-corrected chi connectivity index (χ4v) is 2.72. The zero-order chi connectivity index (χ0) is 13.3. The van der Waals surface area contributed by atoms with Crippen LogP contribution in [0.4, 0.5) is 0 Å². The fraction of sp³-hybridized carbons (Fsp3) is 0.357. The van der Waals surface area contributed by atoms with E-state index in [0.717, 1.165) is 22.6 Å². The second kappa shape index (κ2) is 4.98. The molecule has 96 valence electrons. The summed E-state index contributed by atoms with van der Waals surface area (Å²) in [5.41, 5.74) is 5.53. The van der Waals surface area contributed by atoms with Crippen LogP contribution in [0.1, 0.15) is 16.7 Å². The van der Waals surface area contributed by atoms with Gasteiger partial charge in [0.15, 0.2) is 0 Å². The average Bonchev–Trinajstić information content (AvgIpc) is 2.81. The van der Waals surface area contributed by atoms with E-state index in [1.54, 1.807) is 14.2 Å². The summed E-state index contributed by atoms with van der Waals surface area (Å²) in [4.78, 5) is 4.46. The van der Waals surface area contributed by atoms with Gasteiger partial charge >= 0.3 is 0 Å². The van der Waals surface area contributed by atoms with Crippen LogP contribution in [0.25, 0.3) is 11.3 Å². The number of ether oxygens (including phenoxy) is 2. The summed E-state index contributed by atoms with van der Waals surface area (Å²) >= 11 is 1.49. The van der Waals surface area contributed by atoms with Gasteiger partial charge in [0.1, 0.15) is 5.75 Å². The maximum absolute atomic E-state index is 5.56. The van der Waals surface area contributed by atoms with Gasteiger partial charge in [-0.05, 0) is 37.5 Å². The third kappa shape index (κ3) is 2.08. The minimum Gasteiger partial charge on any atom is -0.496 e. The molecular weight excluding hydrogens is 246 g/mol. The van der Waals surface area contributed by atoms with Gasteiger partial charge in [-0.1, -0.05) is 17.4 Å². The average molecular weight is 263 g/mol. The number of nitrogens with zero attached hydrogens (tertiary/aromatic N) is 1. The van der Waals surface area contributed by atoms with Crippen LogP contribution in [0.15, 0.2) is 11.4 Å². The Morgan fingerprint density at radius 2 is 1.78 bits per heavy atom. The molecule has 0 bridgehead atoms. The standard InChI is InChI=1S/C14H17NO2S/c1-8-6-9(2)12(13(16-4)10(8)3)11-7-18-14(15-11)17-5/h6-7H,1-5H3. The number of thiazole rings is 1. The molecule has 0 fully saturated rings. The molecule has 0 saturated heterocycles. The van der Waals surface area contributed by atoms with E-state index in [4.69, 9.17) is 9.47 Å². The molecule has 0 unspecified atom stereocenters. The summed E-state index contributed by atoms with van der Waals surface area (Å²) in [6, 6.07) is 2.17. The third-order valence-corrected chi connectivity index (χ3v) is 3.91. The first-order valence-electron chi connectivity index (χ1n) is 5.73. The van der Waals surface area contributed by atoms with Crippen molar-refractivity contribution in [1.29, 1.82) is 0 Å². The van der Waals surface area contributed by atoms with Crippen LogP contribution >= 0.6 is 11.3 Å². The first-order chi connectivity index (χ1) is 8.58. The lowest BCUT2D eigenvalue weighted by atomic mass is 9.97. The number of hydrogen-bond acceptors (Lipinski definition) is 4. The Kier molecular flexibility index (Phi) is 3.57. The molecule has 0 aliphatic rings. The summed E-state index contributed by atoms with van der Waals surface area (Å²) in [6.45, 7) is 6.24. The maximum atomic E-state index is 5.56. The fourth-order valence-electron chi connectivity index (χ4n) is 2.09. The van der Waals surface area contributed by atoms with Crippen LogP contribution in [-0.4, -0.2) is 19.2 Å². The Morgan fingerprint density at radius 1 is 1.06 bits per heavy atom. The van der Waals surface area contributed by atoms with Gasteiger partial charge in [0.05, 0.1) is 19.9 Å². The molecule has 0 saturated carbocycles.